The van der Waals surface area contributed by atoms with E-state index in [1.165, 1.54) is 0 Å². The van der Waals surface area contributed by atoms with Gasteiger partial charge >= 0.3 is 5.97 Å². The third-order valence-electron chi connectivity index (χ3n) is 1.78. The van der Waals surface area contributed by atoms with E-state index in [1.807, 2.05) is 0 Å². The van der Waals surface area contributed by atoms with Gasteiger partial charge in [-0.1, -0.05) is 0 Å². The van der Waals surface area contributed by atoms with Crippen LogP contribution >= 0.6 is 0 Å². The van der Waals surface area contributed by atoms with Gasteiger partial charge in [0.1, 0.15) is 6.29 Å². The molecule has 1 atom stereocenters. The van der Waals surface area contributed by atoms with Crippen LogP contribution in [0.4, 0.5) is 0 Å². The summed E-state index contributed by atoms with van der Waals surface area (Å²) in [5.41, 5.74) is 0.535. The Morgan fingerprint density at radius 1 is 1.85 bits per heavy atom. The van der Waals surface area contributed by atoms with Crippen LogP contribution in [0.2, 0.25) is 0 Å². The van der Waals surface area contributed by atoms with E-state index < -0.39 is 6.10 Å². The molecule has 13 heavy (non-hydrogen) atoms. The minimum absolute atomic E-state index is 0.123. The first kappa shape index (κ1) is 9.92. The Labute approximate surface area is 76.5 Å². The zero-order chi connectivity index (χ0) is 9.68. The normalized spacial score (nSPS) is 21.0. The van der Waals surface area contributed by atoms with E-state index in [0.717, 1.165) is 6.29 Å². The van der Waals surface area contributed by atoms with Crippen LogP contribution in [0.15, 0.2) is 11.6 Å². The molecule has 1 rings (SSSR count). The number of carbonyl (C=O) groups excluding carboxylic acids is 2. The van der Waals surface area contributed by atoms with Gasteiger partial charge in [0.05, 0.1) is 25.7 Å². The van der Waals surface area contributed by atoms with Crippen molar-refractivity contribution in [2.75, 3.05) is 13.2 Å². The Kier molecular flexibility index (Phi) is 3.64. The molecule has 0 spiro atoms. The summed E-state index contributed by atoms with van der Waals surface area (Å²) in [5.74, 6) is -0.331. The van der Waals surface area contributed by atoms with E-state index in [-0.39, 0.29) is 12.4 Å². The van der Waals surface area contributed by atoms with Gasteiger partial charge in [0.25, 0.3) is 0 Å². The lowest BCUT2D eigenvalue weighted by atomic mass is 10.1. The second kappa shape index (κ2) is 4.77. The van der Waals surface area contributed by atoms with Crippen LogP contribution in [-0.4, -0.2) is 31.6 Å². The van der Waals surface area contributed by atoms with E-state index in [2.05, 4.69) is 0 Å². The largest absolute Gasteiger partial charge is 0.466 e. The summed E-state index contributed by atoms with van der Waals surface area (Å²) in [7, 11) is 0. The molecule has 0 saturated heterocycles. The van der Waals surface area contributed by atoms with Crippen LogP contribution in [0, 0.1) is 0 Å². The van der Waals surface area contributed by atoms with Gasteiger partial charge < -0.3 is 9.47 Å². The lowest BCUT2D eigenvalue weighted by Crippen LogP contribution is -2.18. The summed E-state index contributed by atoms with van der Waals surface area (Å²) in [6, 6.07) is 0. The van der Waals surface area contributed by atoms with E-state index in [9.17, 15) is 9.59 Å². The molecule has 0 N–H and O–H groups in total. The van der Waals surface area contributed by atoms with Crippen LogP contribution in [0.5, 0.6) is 0 Å². The van der Waals surface area contributed by atoms with E-state index >= 15 is 0 Å². The number of aldehydes is 1. The van der Waals surface area contributed by atoms with Crippen molar-refractivity contribution in [3.63, 3.8) is 0 Å². The third kappa shape index (κ3) is 2.66. The summed E-state index contributed by atoms with van der Waals surface area (Å²) >= 11 is 0. The molecule has 1 unspecified atom stereocenters. The molecule has 0 saturated carbocycles. The minimum Gasteiger partial charge on any atom is -0.466 e. The Morgan fingerprint density at radius 3 is 3.23 bits per heavy atom. The predicted molar refractivity (Wildman–Crippen MR) is 45.1 cm³/mol. The average Bonchev–Trinajstić information content (AvgIpc) is 2.52. The first-order valence-corrected chi connectivity index (χ1v) is 4.20. The van der Waals surface area contributed by atoms with Crippen LogP contribution < -0.4 is 0 Å². The van der Waals surface area contributed by atoms with Crippen molar-refractivity contribution in [3.05, 3.63) is 11.6 Å². The smallest absolute Gasteiger partial charge is 0.308 e. The summed E-state index contributed by atoms with van der Waals surface area (Å²) in [6.07, 6.45) is 2.11. The molecular formula is C9H12O4. The molecule has 0 aliphatic carbocycles. The lowest BCUT2D eigenvalue weighted by Gasteiger charge is -2.09. The highest BCUT2D eigenvalue weighted by Gasteiger charge is 2.22. The third-order valence-corrected chi connectivity index (χ3v) is 1.78. The minimum atomic E-state index is -0.406. The molecule has 1 aliphatic heterocycles. The maximum atomic E-state index is 11.0. The van der Waals surface area contributed by atoms with Gasteiger partial charge in [-0.25, -0.2) is 0 Å². The second-order valence-corrected chi connectivity index (χ2v) is 2.65. The van der Waals surface area contributed by atoms with Crippen molar-refractivity contribution in [2.45, 2.75) is 19.4 Å². The summed E-state index contributed by atoms with van der Waals surface area (Å²) < 4.78 is 9.88. The highest BCUT2D eigenvalue weighted by Crippen LogP contribution is 2.15. The van der Waals surface area contributed by atoms with E-state index in [1.54, 1.807) is 13.0 Å². The molecule has 0 fully saturated rings. The second-order valence-electron chi connectivity index (χ2n) is 2.65. The zero-order valence-electron chi connectivity index (χ0n) is 7.49. The molecule has 1 aliphatic rings. The fourth-order valence-electron chi connectivity index (χ4n) is 1.16. The molecule has 0 aromatic heterocycles. The fourth-order valence-corrected chi connectivity index (χ4v) is 1.16. The molecule has 0 aromatic rings. The highest BCUT2D eigenvalue weighted by molar-refractivity contribution is 5.79. The molecule has 4 nitrogen and oxygen atoms in total. The molecule has 1 heterocycles. The van der Waals surface area contributed by atoms with Crippen LogP contribution in [0.3, 0.4) is 0 Å². The maximum Gasteiger partial charge on any atom is 0.308 e. The van der Waals surface area contributed by atoms with Crippen molar-refractivity contribution in [1.29, 1.82) is 0 Å². The van der Waals surface area contributed by atoms with Gasteiger partial charge in [-0.3, -0.25) is 9.59 Å². The fraction of sp³-hybridized carbons (Fsp3) is 0.556. The van der Waals surface area contributed by atoms with Crippen LogP contribution in [0.25, 0.3) is 0 Å². The quantitative estimate of drug-likeness (QED) is 0.470. The predicted octanol–water partition coefficient (Wildman–Crippen LogP) is 0.464. The van der Waals surface area contributed by atoms with Crippen molar-refractivity contribution in [3.8, 4) is 0 Å². The molecule has 4 heteroatoms. The Morgan fingerprint density at radius 2 is 2.62 bits per heavy atom. The SMILES string of the molecule is CCOC(=O)CC1OCC=C1C=O. The summed E-state index contributed by atoms with van der Waals surface area (Å²) in [4.78, 5) is 21.5. The van der Waals surface area contributed by atoms with Gasteiger partial charge in [-0.2, -0.15) is 0 Å². The van der Waals surface area contributed by atoms with Crippen molar-refractivity contribution in [2.24, 2.45) is 0 Å². The van der Waals surface area contributed by atoms with Gasteiger partial charge in [0, 0.05) is 5.57 Å². The molecule has 0 amide bonds. The number of ether oxygens (including phenoxy) is 2. The number of hydrogen-bond donors (Lipinski definition) is 0. The summed E-state index contributed by atoms with van der Waals surface area (Å²) in [5, 5.41) is 0. The first-order chi connectivity index (χ1) is 6.27. The maximum absolute atomic E-state index is 11.0. The lowest BCUT2D eigenvalue weighted by molar-refractivity contribution is -0.145. The number of carbonyl (C=O) groups is 2. The van der Waals surface area contributed by atoms with Crippen molar-refractivity contribution in [1.82, 2.24) is 0 Å². The van der Waals surface area contributed by atoms with Crippen LogP contribution in [0.1, 0.15) is 13.3 Å². The Balaban J connectivity index is 2.41. The van der Waals surface area contributed by atoms with E-state index in [4.69, 9.17) is 9.47 Å². The Bertz CT molecular complexity index is 232. The standard InChI is InChI=1S/C9H12O4/c1-2-12-9(11)5-8-7(6-10)3-4-13-8/h3,6,8H,2,4-5H2,1H3. The zero-order valence-corrected chi connectivity index (χ0v) is 7.49. The van der Waals surface area contributed by atoms with Gasteiger partial charge in [0.2, 0.25) is 0 Å². The Hall–Kier alpha value is -1.16. The van der Waals surface area contributed by atoms with Crippen molar-refractivity contribution >= 4 is 12.3 Å². The molecule has 0 bridgehead atoms. The topological polar surface area (TPSA) is 52.6 Å². The molecule has 72 valence electrons. The number of esters is 1. The summed E-state index contributed by atoms with van der Waals surface area (Å²) in [6.45, 7) is 2.49. The molecule has 0 radical (unpaired) electrons. The number of hydrogen-bond acceptors (Lipinski definition) is 4. The first-order valence-electron chi connectivity index (χ1n) is 4.20. The molecular weight excluding hydrogens is 172 g/mol. The average molecular weight is 184 g/mol. The van der Waals surface area contributed by atoms with Gasteiger partial charge in [0.15, 0.2) is 0 Å². The van der Waals surface area contributed by atoms with Crippen LogP contribution in [-0.2, 0) is 19.1 Å². The monoisotopic (exact) mass is 184 g/mol. The molecule has 0 aromatic carbocycles. The van der Waals surface area contributed by atoms with Gasteiger partial charge in [-0.15, -0.1) is 0 Å². The van der Waals surface area contributed by atoms with Crippen molar-refractivity contribution < 1.29 is 19.1 Å². The van der Waals surface area contributed by atoms with Gasteiger partial charge in [-0.05, 0) is 13.0 Å². The van der Waals surface area contributed by atoms with E-state index in [0.29, 0.717) is 18.8 Å². The highest BCUT2D eigenvalue weighted by atomic mass is 16.5. The number of rotatable bonds is 4.